The van der Waals surface area contributed by atoms with Crippen molar-refractivity contribution in [2.24, 2.45) is 0 Å². The van der Waals surface area contributed by atoms with Crippen molar-refractivity contribution in [3.63, 3.8) is 0 Å². The number of nitrogens with two attached hydrogens (primary N) is 1. The summed E-state index contributed by atoms with van der Waals surface area (Å²) >= 11 is 12.5. The van der Waals surface area contributed by atoms with Crippen molar-refractivity contribution in [3.8, 4) is 11.5 Å². The number of rotatable bonds is 3. The van der Waals surface area contributed by atoms with Crippen LogP contribution in [0.3, 0.4) is 0 Å². The minimum atomic E-state index is -0.492. The molecule has 0 saturated carbocycles. The predicted octanol–water partition coefficient (Wildman–Crippen LogP) is 3.43. The summed E-state index contributed by atoms with van der Waals surface area (Å²) in [7, 11) is 3.05. The Bertz CT molecular complexity index is 808. The highest BCUT2D eigenvalue weighted by molar-refractivity contribution is 6.37. The Balaban J connectivity index is 2.23. The van der Waals surface area contributed by atoms with Crippen LogP contribution in [0.5, 0.6) is 11.5 Å². The Labute approximate surface area is 143 Å². The van der Waals surface area contributed by atoms with Gasteiger partial charge in [-0.3, -0.25) is 4.79 Å². The third-order valence-corrected chi connectivity index (χ3v) is 4.47. The molecule has 1 aliphatic heterocycles. The SMILES string of the molecule is COc1cc(C2NC(=O)c3c(Cl)ccc(Cl)c32)c(OC)cc1N. The Morgan fingerprint density at radius 3 is 2.39 bits per heavy atom. The summed E-state index contributed by atoms with van der Waals surface area (Å²) in [5.74, 6) is 0.731. The fraction of sp³-hybridized carbons (Fsp3) is 0.188. The average Bonchev–Trinajstić information content (AvgIpc) is 2.89. The molecular weight excluding hydrogens is 339 g/mol. The van der Waals surface area contributed by atoms with Gasteiger partial charge in [-0.25, -0.2) is 0 Å². The van der Waals surface area contributed by atoms with Crippen LogP contribution >= 0.6 is 23.2 Å². The van der Waals surface area contributed by atoms with Gasteiger partial charge in [-0.1, -0.05) is 23.2 Å². The van der Waals surface area contributed by atoms with E-state index < -0.39 is 6.04 Å². The molecule has 0 saturated heterocycles. The number of anilines is 1. The molecule has 0 spiro atoms. The number of nitrogens with one attached hydrogen (secondary N) is 1. The molecule has 0 aromatic heterocycles. The molecule has 2 aromatic carbocycles. The van der Waals surface area contributed by atoms with E-state index in [0.717, 1.165) is 0 Å². The Hall–Kier alpha value is -2.11. The van der Waals surface area contributed by atoms with Crippen molar-refractivity contribution in [1.29, 1.82) is 0 Å². The molecule has 0 aliphatic carbocycles. The third kappa shape index (κ3) is 2.46. The molecule has 1 unspecified atom stereocenters. The lowest BCUT2D eigenvalue weighted by Gasteiger charge is -2.19. The van der Waals surface area contributed by atoms with Crippen molar-refractivity contribution in [2.75, 3.05) is 20.0 Å². The first-order valence-corrected chi connectivity index (χ1v) is 7.53. The standard InChI is InChI=1S/C16H14Cl2N2O3/c1-22-11-6-10(19)12(23-2)5-7(11)15-13-8(17)3-4-9(18)14(13)16(21)20-15/h3-6,15H,19H2,1-2H3,(H,20,21). The number of benzene rings is 2. The van der Waals surface area contributed by atoms with E-state index in [4.69, 9.17) is 38.4 Å². The minimum Gasteiger partial charge on any atom is -0.496 e. The number of halogens is 2. The quantitative estimate of drug-likeness (QED) is 0.830. The highest BCUT2D eigenvalue weighted by Crippen LogP contribution is 2.44. The lowest BCUT2D eigenvalue weighted by Crippen LogP contribution is -2.20. The van der Waals surface area contributed by atoms with Crippen molar-refractivity contribution in [1.82, 2.24) is 5.32 Å². The first kappa shape index (κ1) is 15.8. The molecule has 3 N–H and O–H groups in total. The second-order valence-corrected chi connectivity index (χ2v) is 5.87. The van der Waals surface area contributed by atoms with Crippen LogP contribution in [0.15, 0.2) is 24.3 Å². The molecular formula is C16H14Cl2N2O3. The molecule has 5 nitrogen and oxygen atoms in total. The van der Waals surface area contributed by atoms with E-state index >= 15 is 0 Å². The number of nitrogen functional groups attached to an aromatic ring is 1. The number of ether oxygens (including phenoxy) is 2. The topological polar surface area (TPSA) is 73.6 Å². The monoisotopic (exact) mass is 352 g/mol. The van der Waals surface area contributed by atoms with E-state index in [1.807, 2.05) is 0 Å². The van der Waals surface area contributed by atoms with E-state index in [2.05, 4.69) is 5.32 Å². The van der Waals surface area contributed by atoms with E-state index in [9.17, 15) is 4.79 Å². The second-order valence-electron chi connectivity index (χ2n) is 5.06. The molecule has 1 heterocycles. The highest BCUT2D eigenvalue weighted by atomic mass is 35.5. The normalized spacial score (nSPS) is 16.0. The molecule has 7 heteroatoms. The van der Waals surface area contributed by atoms with Gasteiger partial charge in [0.1, 0.15) is 11.5 Å². The van der Waals surface area contributed by atoms with Crippen LogP contribution in [0, 0.1) is 0 Å². The van der Waals surface area contributed by atoms with Gasteiger partial charge in [-0.15, -0.1) is 0 Å². The van der Waals surface area contributed by atoms with E-state index in [1.165, 1.54) is 14.2 Å². The van der Waals surface area contributed by atoms with Crippen molar-refractivity contribution < 1.29 is 14.3 Å². The van der Waals surface area contributed by atoms with E-state index in [0.29, 0.717) is 43.9 Å². The van der Waals surface area contributed by atoms with Gasteiger partial charge in [-0.2, -0.15) is 0 Å². The largest absolute Gasteiger partial charge is 0.496 e. The fourth-order valence-electron chi connectivity index (χ4n) is 2.76. The zero-order valence-electron chi connectivity index (χ0n) is 12.4. The number of hydrogen-bond acceptors (Lipinski definition) is 4. The van der Waals surface area contributed by atoms with Gasteiger partial charge in [0.2, 0.25) is 0 Å². The molecule has 0 fully saturated rings. The maximum atomic E-state index is 12.3. The zero-order valence-corrected chi connectivity index (χ0v) is 14.0. The van der Waals surface area contributed by atoms with Crippen molar-refractivity contribution in [3.05, 3.63) is 51.0 Å². The summed E-state index contributed by atoms with van der Waals surface area (Å²) in [5.41, 5.74) is 8.04. The van der Waals surface area contributed by atoms with Crippen LogP contribution in [-0.2, 0) is 0 Å². The van der Waals surface area contributed by atoms with Crippen LogP contribution in [0.25, 0.3) is 0 Å². The fourth-order valence-corrected chi connectivity index (χ4v) is 3.28. The lowest BCUT2D eigenvalue weighted by molar-refractivity contribution is 0.0960. The number of carbonyl (C=O) groups excluding carboxylic acids is 1. The maximum absolute atomic E-state index is 12.3. The molecule has 0 radical (unpaired) electrons. The number of hydrogen-bond donors (Lipinski definition) is 2. The second kappa shape index (κ2) is 5.83. The lowest BCUT2D eigenvalue weighted by atomic mass is 9.97. The molecule has 0 bridgehead atoms. The summed E-state index contributed by atoms with van der Waals surface area (Å²) < 4.78 is 10.7. The van der Waals surface area contributed by atoms with Gasteiger partial charge in [0, 0.05) is 22.2 Å². The van der Waals surface area contributed by atoms with E-state index in [-0.39, 0.29) is 5.91 Å². The Morgan fingerprint density at radius 2 is 1.74 bits per heavy atom. The first-order valence-electron chi connectivity index (χ1n) is 6.78. The summed E-state index contributed by atoms with van der Waals surface area (Å²) in [6, 6.07) is 6.15. The van der Waals surface area contributed by atoms with Crippen LogP contribution in [0.4, 0.5) is 5.69 Å². The molecule has 120 valence electrons. The number of methoxy groups -OCH3 is 2. The van der Waals surface area contributed by atoms with Crippen LogP contribution in [0.2, 0.25) is 10.0 Å². The van der Waals surface area contributed by atoms with Gasteiger partial charge in [0.05, 0.1) is 36.5 Å². The summed E-state index contributed by atoms with van der Waals surface area (Å²) in [6.45, 7) is 0. The number of fused-ring (bicyclic) bond motifs is 1. The molecule has 3 rings (SSSR count). The molecule has 2 aromatic rings. The number of carbonyl (C=O) groups is 1. The number of amides is 1. The van der Waals surface area contributed by atoms with Crippen LogP contribution < -0.4 is 20.5 Å². The average molecular weight is 353 g/mol. The van der Waals surface area contributed by atoms with Gasteiger partial charge in [-0.05, 0) is 18.2 Å². The molecule has 1 atom stereocenters. The summed E-state index contributed by atoms with van der Waals surface area (Å²) in [6.07, 6.45) is 0. The van der Waals surface area contributed by atoms with Gasteiger partial charge >= 0.3 is 0 Å². The predicted molar refractivity (Wildman–Crippen MR) is 89.7 cm³/mol. The molecule has 1 aliphatic rings. The van der Waals surface area contributed by atoms with Gasteiger partial charge in [0.25, 0.3) is 5.91 Å². The highest BCUT2D eigenvalue weighted by Gasteiger charge is 2.35. The summed E-state index contributed by atoms with van der Waals surface area (Å²) in [4.78, 5) is 12.3. The minimum absolute atomic E-state index is 0.282. The van der Waals surface area contributed by atoms with Gasteiger partial charge < -0.3 is 20.5 Å². The molecule has 23 heavy (non-hydrogen) atoms. The third-order valence-electron chi connectivity index (χ3n) is 3.83. The van der Waals surface area contributed by atoms with Crippen LogP contribution in [0.1, 0.15) is 27.5 Å². The zero-order chi connectivity index (χ0) is 16.7. The molecule has 1 amide bonds. The van der Waals surface area contributed by atoms with Crippen LogP contribution in [-0.4, -0.2) is 20.1 Å². The van der Waals surface area contributed by atoms with Gasteiger partial charge in [0.15, 0.2) is 0 Å². The smallest absolute Gasteiger partial charge is 0.253 e. The Morgan fingerprint density at radius 1 is 1.09 bits per heavy atom. The van der Waals surface area contributed by atoms with Crippen molar-refractivity contribution in [2.45, 2.75) is 6.04 Å². The van der Waals surface area contributed by atoms with E-state index in [1.54, 1.807) is 24.3 Å². The van der Waals surface area contributed by atoms with Crippen molar-refractivity contribution >= 4 is 34.8 Å². The maximum Gasteiger partial charge on any atom is 0.253 e. The first-order chi connectivity index (χ1) is 11.0. The summed E-state index contributed by atoms with van der Waals surface area (Å²) in [5, 5.41) is 3.68. The Kier molecular flexibility index (Phi) is 4.00.